The lowest BCUT2D eigenvalue weighted by Crippen LogP contribution is -2.44. The summed E-state index contributed by atoms with van der Waals surface area (Å²) in [5.41, 5.74) is 4.06. The SMILES string of the molecule is Cc1cc(N[C@H]2CC[C@@H](C)C2)cc(N2CCN(C)CC2)c1. The smallest absolute Gasteiger partial charge is 0.0390 e. The van der Waals surface area contributed by atoms with Gasteiger partial charge in [0.05, 0.1) is 0 Å². The van der Waals surface area contributed by atoms with Crippen LogP contribution in [0.2, 0.25) is 0 Å². The van der Waals surface area contributed by atoms with Crippen LogP contribution in [0, 0.1) is 12.8 Å². The molecule has 0 bridgehead atoms. The van der Waals surface area contributed by atoms with E-state index in [-0.39, 0.29) is 0 Å². The maximum absolute atomic E-state index is 3.76. The Morgan fingerprint density at radius 2 is 1.81 bits per heavy atom. The monoisotopic (exact) mass is 287 g/mol. The Hall–Kier alpha value is -1.22. The van der Waals surface area contributed by atoms with Crippen molar-refractivity contribution in [3.8, 4) is 0 Å². The fraction of sp³-hybridized carbons (Fsp3) is 0.667. The maximum Gasteiger partial charge on any atom is 0.0390 e. The van der Waals surface area contributed by atoms with Crippen LogP contribution in [0.4, 0.5) is 11.4 Å². The van der Waals surface area contributed by atoms with Crippen LogP contribution in [0.5, 0.6) is 0 Å². The van der Waals surface area contributed by atoms with Gasteiger partial charge in [-0.2, -0.15) is 0 Å². The Morgan fingerprint density at radius 3 is 2.48 bits per heavy atom. The molecule has 1 aliphatic heterocycles. The molecular weight excluding hydrogens is 258 g/mol. The van der Waals surface area contributed by atoms with Crippen molar-refractivity contribution >= 4 is 11.4 Å². The summed E-state index contributed by atoms with van der Waals surface area (Å²) in [4.78, 5) is 4.93. The summed E-state index contributed by atoms with van der Waals surface area (Å²) in [6, 6.07) is 7.64. The summed E-state index contributed by atoms with van der Waals surface area (Å²) in [6.07, 6.45) is 4.01. The Kier molecular flexibility index (Phi) is 4.39. The van der Waals surface area contributed by atoms with Gasteiger partial charge in [-0.15, -0.1) is 0 Å². The predicted molar refractivity (Wildman–Crippen MR) is 91.3 cm³/mol. The zero-order chi connectivity index (χ0) is 14.8. The first-order chi connectivity index (χ1) is 10.1. The number of likely N-dealkylation sites (N-methyl/N-ethyl adjacent to an activating group) is 1. The van der Waals surface area contributed by atoms with Crippen LogP contribution in [0.1, 0.15) is 31.7 Å². The van der Waals surface area contributed by atoms with Gasteiger partial charge in [-0.1, -0.05) is 6.92 Å². The number of piperazine rings is 1. The first-order valence-electron chi connectivity index (χ1n) is 8.42. The summed E-state index contributed by atoms with van der Waals surface area (Å²) < 4.78 is 0. The van der Waals surface area contributed by atoms with Crippen molar-refractivity contribution < 1.29 is 0 Å². The second-order valence-electron chi connectivity index (χ2n) is 7.11. The van der Waals surface area contributed by atoms with E-state index in [1.165, 1.54) is 36.2 Å². The molecule has 1 saturated carbocycles. The predicted octanol–water partition coefficient (Wildman–Crippen LogP) is 3.35. The van der Waals surface area contributed by atoms with Crippen molar-refractivity contribution in [1.82, 2.24) is 4.90 Å². The first kappa shape index (κ1) is 14.7. The number of nitrogens with one attached hydrogen (secondary N) is 1. The summed E-state index contributed by atoms with van der Waals surface area (Å²) in [7, 11) is 2.21. The molecule has 2 aliphatic rings. The fourth-order valence-electron chi connectivity index (χ4n) is 3.67. The van der Waals surface area contributed by atoms with Gasteiger partial charge in [0.1, 0.15) is 0 Å². The molecule has 1 aliphatic carbocycles. The number of hydrogen-bond donors (Lipinski definition) is 1. The second-order valence-corrected chi connectivity index (χ2v) is 7.11. The Labute approximate surface area is 129 Å². The molecule has 2 atom stereocenters. The maximum atomic E-state index is 3.76. The second kappa shape index (κ2) is 6.27. The standard InChI is InChI=1S/C18H29N3/c1-14-4-5-16(10-14)19-17-11-15(2)12-18(13-17)21-8-6-20(3)7-9-21/h11-14,16,19H,4-10H2,1-3H3/t14-,16+/m1/s1. The molecule has 1 N–H and O–H groups in total. The topological polar surface area (TPSA) is 18.5 Å². The summed E-state index contributed by atoms with van der Waals surface area (Å²) in [5.74, 6) is 0.879. The molecule has 0 aromatic heterocycles. The van der Waals surface area contributed by atoms with E-state index in [9.17, 15) is 0 Å². The molecule has 1 aromatic carbocycles. The van der Waals surface area contributed by atoms with E-state index in [0.29, 0.717) is 6.04 Å². The highest BCUT2D eigenvalue weighted by Crippen LogP contribution is 2.29. The normalized spacial score (nSPS) is 27.1. The van der Waals surface area contributed by atoms with Gasteiger partial charge in [-0.05, 0) is 62.9 Å². The van der Waals surface area contributed by atoms with Gasteiger partial charge < -0.3 is 15.1 Å². The van der Waals surface area contributed by atoms with Gasteiger partial charge in [0.15, 0.2) is 0 Å². The minimum absolute atomic E-state index is 0.669. The summed E-state index contributed by atoms with van der Waals surface area (Å²) in [6.45, 7) is 9.18. The molecule has 0 unspecified atom stereocenters. The molecule has 1 aromatic rings. The van der Waals surface area contributed by atoms with Gasteiger partial charge in [0.25, 0.3) is 0 Å². The van der Waals surface area contributed by atoms with Crippen LogP contribution in [0.3, 0.4) is 0 Å². The van der Waals surface area contributed by atoms with Crippen LogP contribution >= 0.6 is 0 Å². The van der Waals surface area contributed by atoms with Crippen LogP contribution in [0.25, 0.3) is 0 Å². The molecular formula is C18H29N3. The quantitative estimate of drug-likeness (QED) is 0.920. The molecule has 2 fully saturated rings. The Morgan fingerprint density at radius 1 is 1.05 bits per heavy atom. The average molecular weight is 287 g/mol. The van der Waals surface area contributed by atoms with E-state index in [2.05, 4.69) is 54.2 Å². The number of nitrogens with zero attached hydrogens (tertiary/aromatic N) is 2. The molecule has 3 nitrogen and oxygen atoms in total. The first-order valence-corrected chi connectivity index (χ1v) is 8.42. The van der Waals surface area contributed by atoms with E-state index in [1.54, 1.807) is 0 Å². The van der Waals surface area contributed by atoms with Crippen molar-refractivity contribution in [2.24, 2.45) is 5.92 Å². The van der Waals surface area contributed by atoms with Crippen molar-refractivity contribution in [3.05, 3.63) is 23.8 Å². The number of aryl methyl sites for hydroxylation is 1. The third kappa shape index (κ3) is 3.70. The third-order valence-electron chi connectivity index (χ3n) is 5.00. The lowest BCUT2D eigenvalue weighted by molar-refractivity contribution is 0.313. The highest BCUT2D eigenvalue weighted by molar-refractivity contribution is 5.61. The van der Waals surface area contributed by atoms with Crippen molar-refractivity contribution in [2.75, 3.05) is 43.4 Å². The molecule has 0 spiro atoms. The number of hydrogen-bond acceptors (Lipinski definition) is 3. The van der Waals surface area contributed by atoms with Crippen molar-refractivity contribution in [2.45, 2.75) is 39.2 Å². The van der Waals surface area contributed by atoms with Gasteiger partial charge >= 0.3 is 0 Å². The van der Waals surface area contributed by atoms with Gasteiger partial charge in [0.2, 0.25) is 0 Å². The van der Waals surface area contributed by atoms with E-state index in [4.69, 9.17) is 0 Å². The molecule has 1 saturated heterocycles. The third-order valence-corrected chi connectivity index (χ3v) is 5.00. The largest absolute Gasteiger partial charge is 0.382 e. The summed E-state index contributed by atoms with van der Waals surface area (Å²) in [5, 5.41) is 3.76. The number of benzene rings is 1. The van der Waals surface area contributed by atoms with Gasteiger partial charge in [0, 0.05) is 43.6 Å². The molecule has 21 heavy (non-hydrogen) atoms. The molecule has 1 heterocycles. The molecule has 3 rings (SSSR count). The number of anilines is 2. The van der Waals surface area contributed by atoms with Gasteiger partial charge in [-0.25, -0.2) is 0 Å². The van der Waals surface area contributed by atoms with Crippen molar-refractivity contribution in [3.63, 3.8) is 0 Å². The van der Waals surface area contributed by atoms with E-state index < -0.39 is 0 Å². The summed E-state index contributed by atoms with van der Waals surface area (Å²) >= 11 is 0. The van der Waals surface area contributed by atoms with Crippen molar-refractivity contribution in [1.29, 1.82) is 0 Å². The molecule has 0 amide bonds. The Bertz CT molecular complexity index is 477. The minimum atomic E-state index is 0.669. The highest BCUT2D eigenvalue weighted by atomic mass is 15.2. The van der Waals surface area contributed by atoms with E-state index >= 15 is 0 Å². The zero-order valence-electron chi connectivity index (χ0n) is 13.7. The Balaban J connectivity index is 1.70. The van der Waals surface area contributed by atoms with Crippen LogP contribution < -0.4 is 10.2 Å². The van der Waals surface area contributed by atoms with E-state index in [0.717, 1.165) is 32.1 Å². The molecule has 3 heteroatoms. The minimum Gasteiger partial charge on any atom is -0.382 e. The lowest BCUT2D eigenvalue weighted by Gasteiger charge is -2.34. The van der Waals surface area contributed by atoms with Gasteiger partial charge in [-0.3, -0.25) is 0 Å². The fourth-order valence-corrected chi connectivity index (χ4v) is 3.67. The highest BCUT2D eigenvalue weighted by Gasteiger charge is 2.21. The van der Waals surface area contributed by atoms with Crippen LogP contribution in [0.15, 0.2) is 18.2 Å². The zero-order valence-corrected chi connectivity index (χ0v) is 13.7. The molecule has 116 valence electrons. The van der Waals surface area contributed by atoms with E-state index in [1.807, 2.05) is 0 Å². The molecule has 0 radical (unpaired) electrons. The van der Waals surface area contributed by atoms with Crippen LogP contribution in [-0.2, 0) is 0 Å². The number of rotatable bonds is 3. The van der Waals surface area contributed by atoms with Crippen LogP contribution in [-0.4, -0.2) is 44.2 Å². The average Bonchev–Trinajstić information content (AvgIpc) is 2.84. The lowest BCUT2D eigenvalue weighted by atomic mass is 10.1.